The van der Waals surface area contributed by atoms with Crippen molar-refractivity contribution in [3.63, 3.8) is 0 Å². The Morgan fingerprint density at radius 1 is 0.381 bits per heavy atom. The Balaban J connectivity index is 1.22. The van der Waals surface area contributed by atoms with E-state index in [4.69, 9.17) is 66.3 Å². The minimum Gasteiger partial charge on any atom is -0.449 e. The highest BCUT2D eigenvalue weighted by molar-refractivity contribution is 5.68. The molecule has 0 fully saturated rings. The number of rotatable bonds is 50. The lowest BCUT2D eigenvalue weighted by Crippen LogP contribution is -2.42. The molecule has 0 aromatic rings. The maximum absolute atomic E-state index is 13.9. The largest absolute Gasteiger partial charge is 0.449 e. The summed E-state index contributed by atoms with van der Waals surface area (Å²) in [7, 11) is 6.60. The number of hydrogen-bond acceptors (Lipinski definition) is 21. The van der Waals surface area contributed by atoms with Gasteiger partial charge in [-0.2, -0.15) is 0 Å². The normalized spacial score (nSPS) is 22.6. The van der Waals surface area contributed by atoms with Crippen LogP contribution in [-0.4, -0.2) is 264 Å². The highest BCUT2D eigenvalue weighted by atomic mass is 16.6. The van der Waals surface area contributed by atoms with E-state index in [9.17, 15) is 9.59 Å². The molecule has 10 bridgehead atoms. The van der Waals surface area contributed by atoms with E-state index in [2.05, 4.69) is 82.0 Å². The van der Waals surface area contributed by atoms with Crippen LogP contribution in [0.1, 0.15) is 145 Å². The van der Waals surface area contributed by atoms with Gasteiger partial charge in [-0.3, -0.25) is 0 Å². The minimum absolute atomic E-state index is 0.103. The van der Waals surface area contributed by atoms with Crippen molar-refractivity contribution in [3.05, 3.63) is 67.2 Å². The van der Waals surface area contributed by atoms with E-state index in [1.165, 1.54) is 67.2 Å². The van der Waals surface area contributed by atoms with Crippen molar-refractivity contribution in [2.45, 2.75) is 188 Å². The van der Waals surface area contributed by atoms with Gasteiger partial charge in [0.1, 0.15) is 0 Å². The molecule has 23 heteroatoms. The highest BCUT2D eigenvalue weighted by Gasteiger charge is 2.43. The van der Waals surface area contributed by atoms with Crippen molar-refractivity contribution >= 4 is 12.2 Å². The van der Waals surface area contributed by atoms with Crippen LogP contribution >= 0.6 is 0 Å². The van der Waals surface area contributed by atoms with Crippen LogP contribution in [0, 0.1) is 5.92 Å². The predicted molar refractivity (Wildman–Crippen MR) is 378 cm³/mol. The van der Waals surface area contributed by atoms with Crippen LogP contribution in [0.2, 0.25) is 0 Å². The molecular weight excluding hydrogens is 1240 g/mol. The fourth-order valence-corrected chi connectivity index (χ4v) is 15.0. The molecule has 0 aliphatic carbocycles. The smallest absolute Gasteiger partial charge is 0.409 e. The number of amides is 2. The zero-order chi connectivity index (χ0) is 69.6. The molecular formula is C74H129N7O16. The number of fused-ring (bicyclic) bond motifs is 10. The maximum atomic E-state index is 13.9. The first kappa shape index (κ1) is 81.8. The molecule has 6 rings (SSSR count). The summed E-state index contributed by atoms with van der Waals surface area (Å²) in [6.45, 7) is 29.6. The molecule has 556 valence electrons. The predicted octanol–water partition coefficient (Wildman–Crippen LogP) is 9.08. The van der Waals surface area contributed by atoms with Gasteiger partial charge in [0, 0.05) is 115 Å². The molecule has 6 aliphatic heterocycles. The second-order valence-corrected chi connectivity index (χ2v) is 25.8. The molecule has 23 nitrogen and oxygen atoms in total. The Kier molecular flexibility index (Phi) is 39.7. The third kappa shape index (κ3) is 25.7. The van der Waals surface area contributed by atoms with E-state index in [0.717, 1.165) is 77.0 Å². The van der Waals surface area contributed by atoms with Crippen LogP contribution in [0.5, 0.6) is 0 Å². The number of carbonyl (C=O) groups is 2. The first-order valence-electron chi connectivity index (χ1n) is 37.0. The lowest BCUT2D eigenvalue weighted by atomic mass is 9.84. The van der Waals surface area contributed by atoms with Gasteiger partial charge in [0.05, 0.1) is 157 Å². The summed E-state index contributed by atoms with van der Waals surface area (Å²) < 4.78 is 78.5. The quantitative estimate of drug-likeness (QED) is 0.0282. The van der Waals surface area contributed by atoms with Crippen molar-refractivity contribution in [2.24, 2.45) is 5.92 Å². The molecule has 8 unspecified atom stereocenters. The number of nitrogens with zero attached hydrogens (tertiary/aromatic N) is 2. The summed E-state index contributed by atoms with van der Waals surface area (Å²) in [6.07, 6.45) is 11.8. The fraction of sp³-hybridized carbons (Fsp3) is 0.811. The molecule has 6 heterocycles. The van der Waals surface area contributed by atoms with Crippen molar-refractivity contribution in [1.82, 2.24) is 36.4 Å². The molecule has 6 aliphatic rings. The van der Waals surface area contributed by atoms with E-state index in [1.54, 1.807) is 38.2 Å². The SMILES string of the molecule is CCC1=C(CC)C2CC3NC(CC4=C(CC)C(CC)C(CC5NC(CC6NC(=C1N2)C(CC)=C6CC)C(C)=C5CCCOC(=O)N(CCOCCOCCOC)CCOCCOCCOC)N4)C(CCCOC(=O)N(CCOCCOCCOC)CCOCCOCCOC)=C3C. The van der Waals surface area contributed by atoms with Gasteiger partial charge >= 0.3 is 12.2 Å². The molecule has 0 spiro atoms. The lowest BCUT2D eigenvalue weighted by molar-refractivity contribution is 0.00799. The van der Waals surface area contributed by atoms with E-state index in [1.807, 2.05) is 0 Å². The van der Waals surface area contributed by atoms with E-state index in [-0.39, 0.29) is 67.7 Å². The molecule has 0 radical (unpaired) electrons. The molecule has 0 aromatic heterocycles. The highest BCUT2D eigenvalue weighted by Crippen LogP contribution is 2.44. The molecule has 8 atom stereocenters. The minimum atomic E-state index is -0.377. The Bertz CT molecular complexity index is 2470. The third-order valence-electron chi connectivity index (χ3n) is 20.0. The van der Waals surface area contributed by atoms with Gasteiger partial charge in [-0.1, -0.05) is 63.8 Å². The molecule has 0 saturated carbocycles. The van der Waals surface area contributed by atoms with Crippen LogP contribution in [-0.2, 0) is 66.3 Å². The summed E-state index contributed by atoms with van der Waals surface area (Å²) in [5.41, 5.74) is 17.0. The van der Waals surface area contributed by atoms with Crippen LogP contribution in [0.25, 0.3) is 0 Å². The summed E-state index contributed by atoms with van der Waals surface area (Å²) in [5.74, 6) is 0.378. The Morgan fingerprint density at radius 2 is 0.732 bits per heavy atom. The summed E-state index contributed by atoms with van der Waals surface area (Å²) in [4.78, 5) is 31.2. The van der Waals surface area contributed by atoms with Gasteiger partial charge in [-0.25, -0.2) is 9.59 Å². The number of allylic oxidation sites excluding steroid dienone is 2. The van der Waals surface area contributed by atoms with Crippen LogP contribution in [0.4, 0.5) is 9.59 Å². The first-order valence-corrected chi connectivity index (χ1v) is 37.0. The fourth-order valence-electron chi connectivity index (χ4n) is 15.0. The Labute approximate surface area is 582 Å². The number of nitrogens with one attached hydrogen (secondary N) is 5. The Morgan fingerprint density at radius 3 is 1.08 bits per heavy atom. The maximum Gasteiger partial charge on any atom is 0.409 e. The van der Waals surface area contributed by atoms with E-state index in [0.29, 0.717) is 177 Å². The topological polar surface area (TPSA) is 230 Å². The van der Waals surface area contributed by atoms with Crippen molar-refractivity contribution in [1.29, 1.82) is 0 Å². The molecule has 0 aromatic carbocycles. The van der Waals surface area contributed by atoms with Crippen molar-refractivity contribution < 1.29 is 75.9 Å². The molecule has 97 heavy (non-hydrogen) atoms. The number of methoxy groups -OCH3 is 4. The third-order valence-corrected chi connectivity index (χ3v) is 20.0. The van der Waals surface area contributed by atoms with Crippen LogP contribution in [0.15, 0.2) is 67.2 Å². The van der Waals surface area contributed by atoms with Gasteiger partial charge in [0.25, 0.3) is 0 Å². The van der Waals surface area contributed by atoms with Gasteiger partial charge in [0.2, 0.25) is 0 Å². The zero-order valence-electron chi connectivity index (χ0n) is 61.8. The second kappa shape index (κ2) is 47.1. The number of ether oxygens (including phenoxy) is 14. The standard InChI is InChI=1S/C74H129N7O16/c1-13-55-56(14-2)66-52-70-62(22-20-28-97-74(83)81(25-31-90-43-47-94-39-35-86-11)26-32-91-44-48-95-40-36-87-12)54(8)64(76-70)50-68-58(16-4)60(18-6)72(79-68)71-59(17-5)57(15-3)67(78-71)49-63-53(7)61(69(75-63)51-65(55)77-66)21-19-27-96-73(82)80(23-29-88-41-45-92-37-33-84-9)24-30-89-42-46-93-38-34-85-10/h55,63-65,67-70,75-79H,13-52H2,1-12H3. The summed E-state index contributed by atoms with van der Waals surface area (Å²) in [5, 5.41) is 21.3. The van der Waals surface area contributed by atoms with Crippen LogP contribution < -0.4 is 26.6 Å². The molecule has 5 N–H and O–H groups in total. The monoisotopic (exact) mass is 1370 g/mol. The summed E-state index contributed by atoms with van der Waals surface area (Å²) in [6, 6.07) is 1.15. The zero-order valence-corrected chi connectivity index (χ0v) is 61.8. The van der Waals surface area contributed by atoms with E-state index < -0.39 is 0 Å². The van der Waals surface area contributed by atoms with E-state index >= 15 is 0 Å². The van der Waals surface area contributed by atoms with Gasteiger partial charge < -0.3 is 103 Å². The lowest BCUT2D eigenvalue weighted by Gasteiger charge is -2.28. The number of carbonyl (C=O) groups excluding carboxylic acids is 2. The van der Waals surface area contributed by atoms with Crippen molar-refractivity contribution in [3.8, 4) is 0 Å². The average molecular weight is 1370 g/mol. The van der Waals surface area contributed by atoms with Gasteiger partial charge in [-0.15, -0.1) is 0 Å². The Hall–Kier alpha value is -4.18. The average Bonchev–Trinajstić information content (AvgIpc) is 1.61. The molecule has 2 amide bonds. The molecule has 0 saturated heterocycles. The van der Waals surface area contributed by atoms with Gasteiger partial charge in [-0.05, 0) is 125 Å². The van der Waals surface area contributed by atoms with Gasteiger partial charge in [0.15, 0.2) is 0 Å². The first-order chi connectivity index (χ1) is 47.4. The van der Waals surface area contributed by atoms with Crippen LogP contribution in [0.3, 0.4) is 0 Å². The summed E-state index contributed by atoms with van der Waals surface area (Å²) >= 11 is 0. The van der Waals surface area contributed by atoms with Crippen molar-refractivity contribution in [2.75, 3.05) is 200 Å². The number of hydrogen-bond donors (Lipinski definition) is 5. The second-order valence-electron chi connectivity index (χ2n) is 25.8.